The summed E-state index contributed by atoms with van der Waals surface area (Å²) in [6.45, 7) is 7.62. The van der Waals surface area contributed by atoms with E-state index in [1.807, 2.05) is 19.1 Å². The maximum atomic E-state index is 13.2. The van der Waals surface area contributed by atoms with Gasteiger partial charge in [-0.15, -0.1) is 0 Å². The first-order valence-corrected chi connectivity index (χ1v) is 16.6. The van der Waals surface area contributed by atoms with E-state index in [9.17, 15) is 19.2 Å². The molecule has 1 aliphatic rings. The number of amides is 3. The van der Waals surface area contributed by atoms with Crippen LogP contribution in [0, 0.1) is 6.92 Å². The van der Waals surface area contributed by atoms with Crippen LogP contribution in [0.25, 0.3) is 22.5 Å². The van der Waals surface area contributed by atoms with Crippen molar-refractivity contribution in [3.63, 3.8) is 0 Å². The van der Waals surface area contributed by atoms with Crippen LogP contribution in [0.1, 0.15) is 65.6 Å². The van der Waals surface area contributed by atoms with E-state index < -0.39 is 17.6 Å². The zero-order valence-electron chi connectivity index (χ0n) is 29.2. The zero-order valence-corrected chi connectivity index (χ0v) is 30.0. The lowest BCUT2D eigenvalue weighted by atomic mass is 10.0. The molecule has 0 bridgehead atoms. The maximum Gasteiger partial charge on any atom is 0.410 e. The lowest BCUT2D eigenvalue weighted by Gasteiger charge is -2.29. The molecule has 0 unspecified atom stereocenters. The SMILES string of the molecule is COc1cc(C(=O)Nc2cccc(-c3nccc(-c4ccc(CN(C[C@@H]5CCC(=O)N5)C(=O)OC(C)(C)C)c(OC)n4)c3Cl)c2C)ncc1C=O. The number of nitrogens with one attached hydrogen (secondary N) is 2. The van der Waals surface area contributed by atoms with Crippen molar-refractivity contribution >= 4 is 41.5 Å². The summed E-state index contributed by atoms with van der Waals surface area (Å²) >= 11 is 7.01. The summed E-state index contributed by atoms with van der Waals surface area (Å²) in [6, 6.07) is 11.9. The zero-order chi connectivity index (χ0) is 36.9. The molecule has 4 heterocycles. The topological polar surface area (TPSA) is 162 Å². The van der Waals surface area contributed by atoms with Gasteiger partial charge >= 0.3 is 6.09 Å². The van der Waals surface area contributed by atoms with Crippen molar-refractivity contribution in [2.45, 2.75) is 58.7 Å². The fraction of sp³-hybridized carbons (Fsp3) is 0.324. The number of hydrogen-bond acceptors (Lipinski definition) is 10. The number of rotatable bonds is 11. The largest absolute Gasteiger partial charge is 0.496 e. The number of hydrogen-bond donors (Lipinski definition) is 2. The minimum atomic E-state index is -0.713. The summed E-state index contributed by atoms with van der Waals surface area (Å²) in [4.78, 5) is 64.4. The number of benzene rings is 1. The van der Waals surface area contributed by atoms with E-state index in [1.165, 1.54) is 26.5 Å². The molecule has 1 atom stereocenters. The van der Waals surface area contributed by atoms with Gasteiger partial charge in [0.1, 0.15) is 17.0 Å². The first kappa shape index (κ1) is 36.7. The summed E-state index contributed by atoms with van der Waals surface area (Å²) in [5.41, 5.74) is 3.68. The van der Waals surface area contributed by atoms with Crippen molar-refractivity contribution in [2.75, 3.05) is 26.1 Å². The fourth-order valence-electron chi connectivity index (χ4n) is 5.61. The second-order valence-electron chi connectivity index (χ2n) is 12.9. The van der Waals surface area contributed by atoms with Crippen LogP contribution in [0.3, 0.4) is 0 Å². The first-order chi connectivity index (χ1) is 24.3. The van der Waals surface area contributed by atoms with E-state index in [-0.39, 0.29) is 42.0 Å². The summed E-state index contributed by atoms with van der Waals surface area (Å²) in [7, 11) is 2.90. The molecule has 3 aromatic heterocycles. The Hall–Kier alpha value is -5.56. The van der Waals surface area contributed by atoms with Gasteiger partial charge in [-0.1, -0.05) is 23.7 Å². The molecule has 0 spiro atoms. The number of anilines is 1. The van der Waals surface area contributed by atoms with E-state index in [1.54, 1.807) is 56.1 Å². The molecule has 0 radical (unpaired) electrons. The van der Waals surface area contributed by atoms with Crippen LogP contribution in [0.5, 0.6) is 11.6 Å². The quantitative estimate of drug-likeness (QED) is 0.170. The van der Waals surface area contributed by atoms with Gasteiger partial charge in [-0.05, 0) is 63.9 Å². The Kier molecular flexibility index (Phi) is 11.2. The van der Waals surface area contributed by atoms with E-state index in [0.29, 0.717) is 69.4 Å². The number of carbonyl (C=O) groups excluding carboxylic acids is 4. The van der Waals surface area contributed by atoms with Gasteiger partial charge in [-0.2, -0.15) is 0 Å². The number of aldehydes is 1. The molecule has 5 rings (SSSR count). The summed E-state index contributed by atoms with van der Waals surface area (Å²) in [5, 5.41) is 6.11. The highest BCUT2D eigenvalue weighted by atomic mass is 35.5. The van der Waals surface area contributed by atoms with Crippen LogP contribution in [0.4, 0.5) is 10.5 Å². The second kappa shape index (κ2) is 15.5. The highest BCUT2D eigenvalue weighted by Crippen LogP contribution is 2.38. The van der Waals surface area contributed by atoms with Crippen LogP contribution in [-0.2, 0) is 16.1 Å². The lowest BCUT2D eigenvalue weighted by molar-refractivity contribution is -0.119. The predicted octanol–water partition coefficient (Wildman–Crippen LogP) is 6.27. The van der Waals surface area contributed by atoms with E-state index in [2.05, 4.69) is 20.6 Å². The Morgan fingerprint density at radius 3 is 2.55 bits per heavy atom. The molecule has 1 aliphatic heterocycles. The van der Waals surface area contributed by atoms with Gasteiger partial charge in [0.15, 0.2) is 6.29 Å². The van der Waals surface area contributed by atoms with Gasteiger partial charge in [0.25, 0.3) is 5.91 Å². The monoisotopic (exact) mass is 714 g/mol. The molecular formula is C37H39ClN6O7. The third-order valence-corrected chi connectivity index (χ3v) is 8.53. The Morgan fingerprint density at radius 2 is 1.88 bits per heavy atom. The van der Waals surface area contributed by atoms with E-state index in [4.69, 9.17) is 30.8 Å². The molecule has 2 N–H and O–H groups in total. The lowest BCUT2D eigenvalue weighted by Crippen LogP contribution is -2.43. The molecule has 0 aliphatic carbocycles. The number of pyridine rings is 3. The van der Waals surface area contributed by atoms with Crippen molar-refractivity contribution in [2.24, 2.45) is 0 Å². The summed E-state index contributed by atoms with van der Waals surface area (Å²) in [5.74, 6) is -0.0126. The Morgan fingerprint density at radius 1 is 1.10 bits per heavy atom. The Balaban J connectivity index is 1.41. The molecule has 266 valence electrons. The smallest absolute Gasteiger partial charge is 0.410 e. The molecule has 1 aromatic carbocycles. The number of halogens is 1. The predicted molar refractivity (Wildman–Crippen MR) is 191 cm³/mol. The maximum absolute atomic E-state index is 13.2. The van der Waals surface area contributed by atoms with Crippen molar-refractivity contribution in [1.29, 1.82) is 0 Å². The number of aromatic nitrogens is 3. The molecular weight excluding hydrogens is 676 g/mol. The number of methoxy groups -OCH3 is 2. The number of nitrogens with zero attached hydrogens (tertiary/aromatic N) is 4. The minimum absolute atomic E-state index is 0.0476. The minimum Gasteiger partial charge on any atom is -0.496 e. The Bertz CT molecular complexity index is 1980. The van der Waals surface area contributed by atoms with Gasteiger partial charge in [-0.3, -0.25) is 24.4 Å². The molecule has 51 heavy (non-hydrogen) atoms. The van der Waals surface area contributed by atoms with Crippen LogP contribution < -0.4 is 20.1 Å². The second-order valence-corrected chi connectivity index (χ2v) is 13.3. The summed E-state index contributed by atoms with van der Waals surface area (Å²) < 4.78 is 16.6. The highest BCUT2D eigenvalue weighted by molar-refractivity contribution is 6.35. The third-order valence-electron chi connectivity index (χ3n) is 8.15. The average molecular weight is 715 g/mol. The van der Waals surface area contributed by atoms with Crippen molar-refractivity contribution < 1.29 is 33.4 Å². The molecule has 3 amide bonds. The van der Waals surface area contributed by atoms with Crippen LogP contribution >= 0.6 is 11.6 Å². The molecule has 1 saturated heterocycles. The highest BCUT2D eigenvalue weighted by Gasteiger charge is 2.29. The van der Waals surface area contributed by atoms with Crippen LogP contribution in [-0.4, -0.2) is 76.5 Å². The molecule has 4 aromatic rings. The van der Waals surface area contributed by atoms with Gasteiger partial charge in [0.05, 0.1) is 42.7 Å². The molecule has 14 heteroatoms. The molecule has 0 saturated carbocycles. The summed E-state index contributed by atoms with van der Waals surface area (Å²) in [6.07, 6.45) is 4.01. The van der Waals surface area contributed by atoms with Gasteiger partial charge in [0, 0.05) is 59.8 Å². The van der Waals surface area contributed by atoms with Gasteiger partial charge in [-0.25, -0.2) is 9.78 Å². The number of carbonyl (C=O) groups is 4. The van der Waals surface area contributed by atoms with Crippen LogP contribution in [0.15, 0.2) is 54.9 Å². The fourth-order valence-corrected chi connectivity index (χ4v) is 5.92. The standard InChI is InChI=1S/C37H39ClN6O7/c1-21-25(8-7-9-27(21)42-34(47)29-16-30(49-5)23(20-45)17-40-29)33-32(38)26(14-15-39-33)28-12-10-22(35(43-28)50-6)18-44(36(48)51-37(2,3)4)19-24-11-13-31(46)41-24/h7-10,12,14-17,20,24H,11,13,18-19H2,1-6H3,(H,41,46)(H,42,47)/t24-/m0/s1. The van der Waals surface area contributed by atoms with Crippen molar-refractivity contribution in [3.8, 4) is 34.1 Å². The van der Waals surface area contributed by atoms with Gasteiger partial charge < -0.3 is 29.7 Å². The van der Waals surface area contributed by atoms with Crippen molar-refractivity contribution in [3.05, 3.63) is 82.3 Å². The molecule has 1 fully saturated rings. The molecule has 13 nitrogen and oxygen atoms in total. The van der Waals surface area contributed by atoms with Crippen LogP contribution in [0.2, 0.25) is 5.02 Å². The van der Waals surface area contributed by atoms with Gasteiger partial charge in [0.2, 0.25) is 11.8 Å². The van der Waals surface area contributed by atoms with E-state index >= 15 is 0 Å². The van der Waals surface area contributed by atoms with E-state index in [0.717, 1.165) is 0 Å². The Labute approximate surface area is 300 Å². The third kappa shape index (κ3) is 8.61. The number of ether oxygens (including phenoxy) is 3. The van der Waals surface area contributed by atoms with Crippen molar-refractivity contribution in [1.82, 2.24) is 25.2 Å². The average Bonchev–Trinajstić information content (AvgIpc) is 3.52. The normalized spacial score (nSPS) is 14.0. The first-order valence-electron chi connectivity index (χ1n) is 16.2.